The van der Waals surface area contributed by atoms with Gasteiger partial charge in [0.1, 0.15) is 5.75 Å². The average Bonchev–Trinajstić information content (AvgIpc) is 2.87. The molecule has 0 unspecified atom stereocenters. The minimum Gasteiger partial charge on any atom is -0.494 e. The van der Waals surface area contributed by atoms with Crippen LogP contribution in [0.15, 0.2) is 83.8 Å². The molecule has 0 aliphatic carbocycles. The van der Waals surface area contributed by atoms with Crippen LogP contribution < -0.4 is 25.6 Å². The SMILES string of the molecule is CCOc1ccc(S(=O)(=O)Nc2ccc(C(=O)NNC(=O)CNC(=O)c3ccccc3)cc2)cc1. The van der Waals surface area contributed by atoms with Gasteiger partial charge in [-0.25, -0.2) is 8.42 Å². The zero-order chi connectivity index (χ0) is 25.3. The van der Waals surface area contributed by atoms with Gasteiger partial charge in [-0.1, -0.05) is 18.2 Å². The van der Waals surface area contributed by atoms with Crippen LogP contribution in [0, 0.1) is 0 Å². The van der Waals surface area contributed by atoms with Crippen molar-refractivity contribution in [1.82, 2.24) is 16.2 Å². The molecular formula is C24H24N4O6S. The maximum absolute atomic E-state index is 12.6. The van der Waals surface area contributed by atoms with Crippen LogP contribution in [-0.2, 0) is 14.8 Å². The molecule has 4 N–H and O–H groups in total. The number of hydrogen-bond acceptors (Lipinski definition) is 6. The van der Waals surface area contributed by atoms with Crippen molar-refractivity contribution in [2.24, 2.45) is 0 Å². The lowest BCUT2D eigenvalue weighted by atomic mass is 10.2. The van der Waals surface area contributed by atoms with Gasteiger partial charge in [0.15, 0.2) is 0 Å². The zero-order valence-corrected chi connectivity index (χ0v) is 19.6. The smallest absolute Gasteiger partial charge is 0.269 e. The molecule has 0 spiro atoms. The molecule has 10 nitrogen and oxygen atoms in total. The molecule has 0 atom stereocenters. The van der Waals surface area contributed by atoms with E-state index in [0.29, 0.717) is 17.9 Å². The standard InChI is InChI=1S/C24H24N4O6S/c1-2-34-20-12-14-21(15-13-20)35(32,33)28-19-10-8-18(9-11-19)24(31)27-26-22(29)16-25-23(30)17-6-4-3-5-7-17/h3-15,28H,2,16H2,1H3,(H,25,30)(H,26,29)(H,27,31). The normalized spacial score (nSPS) is 10.7. The van der Waals surface area contributed by atoms with E-state index in [1.807, 2.05) is 6.92 Å². The van der Waals surface area contributed by atoms with Gasteiger partial charge in [-0.3, -0.25) is 30.0 Å². The van der Waals surface area contributed by atoms with Crippen LogP contribution >= 0.6 is 0 Å². The van der Waals surface area contributed by atoms with Gasteiger partial charge in [-0.15, -0.1) is 0 Å². The fourth-order valence-electron chi connectivity index (χ4n) is 2.88. The van der Waals surface area contributed by atoms with E-state index in [1.54, 1.807) is 42.5 Å². The van der Waals surface area contributed by atoms with Gasteiger partial charge in [-0.05, 0) is 67.6 Å². The number of rotatable bonds is 9. The third kappa shape index (κ3) is 7.30. The van der Waals surface area contributed by atoms with E-state index in [9.17, 15) is 22.8 Å². The highest BCUT2D eigenvalue weighted by Crippen LogP contribution is 2.19. The summed E-state index contributed by atoms with van der Waals surface area (Å²) < 4.78 is 32.9. The van der Waals surface area contributed by atoms with E-state index in [4.69, 9.17) is 4.74 Å². The number of ether oxygens (including phenoxy) is 1. The Morgan fingerprint density at radius 1 is 0.771 bits per heavy atom. The molecule has 3 aromatic carbocycles. The number of anilines is 1. The summed E-state index contributed by atoms with van der Waals surface area (Å²) in [6.45, 7) is 1.97. The van der Waals surface area contributed by atoms with Crippen molar-refractivity contribution in [3.8, 4) is 5.75 Å². The molecule has 11 heteroatoms. The van der Waals surface area contributed by atoms with Crippen molar-refractivity contribution in [2.75, 3.05) is 17.9 Å². The van der Waals surface area contributed by atoms with Crippen molar-refractivity contribution in [1.29, 1.82) is 0 Å². The Morgan fingerprint density at radius 3 is 2.03 bits per heavy atom. The molecule has 0 heterocycles. The summed E-state index contributed by atoms with van der Waals surface area (Å²) in [6.07, 6.45) is 0. The van der Waals surface area contributed by atoms with Crippen LogP contribution in [0.25, 0.3) is 0 Å². The molecule has 3 rings (SSSR count). The number of hydrogen-bond donors (Lipinski definition) is 4. The minimum absolute atomic E-state index is 0.0600. The first-order valence-corrected chi connectivity index (χ1v) is 12.0. The lowest BCUT2D eigenvalue weighted by Crippen LogP contribution is -2.46. The molecule has 182 valence electrons. The van der Waals surface area contributed by atoms with Crippen LogP contribution in [0.1, 0.15) is 27.6 Å². The molecule has 0 saturated heterocycles. The number of carbonyl (C=O) groups excluding carboxylic acids is 3. The highest BCUT2D eigenvalue weighted by Gasteiger charge is 2.15. The highest BCUT2D eigenvalue weighted by molar-refractivity contribution is 7.92. The van der Waals surface area contributed by atoms with Gasteiger partial charge < -0.3 is 10.1 Å². The van der Waals surface area contributed by atoms with E-state index in [-0.39, 0.29) is 22.7 Å². The van der Waals surface area contributed by atoms with Crippen LogP contribution in [0.5, 0.6) is 5.75 Å². The lowest BCUT2D eigenvalue weighted by Gasteiger charge is -2.11. The monoisotopic (exact) mass is 496 g/mol. The molecule has 0 aromatic heterocycles. The Labute approximate surface area is 202 Å². The third-order valence-corrected chi connectivity index (χ3v) is 6.00. The van der Waals surface area contributed by atoms with E-state index in [0.717, 1.165) is 0 Å². The first kappa shape index (κ1) is 25.2. The van der Waals surface area contributed by atoms with Gasteiger partial charge in [0.25, 0.3) is 27.7 Å². The van der Waals surface area contributed by atoms with Gasteiger partial charge in [0.2, 0.25) is 0 Å². The Kier molecular flexibility index (Phi) is 8.41. The number of sulfonamides is 1. The lowest BCUT2D eigenvalue weighted by molar-refractivity contribution is -0.120. The first-order chi connectivity index (χ1) is 16.8. The van der Waals surface area contributed by atoms with E-state index < -0.39 is 27.7 Å². The predicted octanol–water partition coefficient (Wildman–Crippen LogP) is 2.08. The minimum atomic E-state index is -3.83. The number of nitrogens with one attached hydrogen (secondary N) is 4. The second-order valence-electron chi connectivity index (χ2n) is 7.14. The summed E-state index contributed by atoms with van der Waals surface area (Å²) in [5, 5.41) is 2.44. The Morgan fingerprint density at radius 2 is 1.40 bits per heavy atom. The number of benzene rings is 3. The second-order valence-corrected chi connectivity index (χ2v) is 8.82. The summed E-state index contributed by atoms with van der Waals surface area (Å²) in [5.74, 6) is -1.10. The quantitative estimate of drug-likeness (QED) is 0.334. The molecule has 0 aliphatic heterocycles. The fraction of sp³-hybridized carbons (Fsp3) is 0.125. The van der Waals surface area contributed by atoms with Gasteiger partial charge in [-0.2, -0.15) is 0 Å². The Hall–Kier alpha value is -4.38. The molecule has 3 amide bonds. The highest BCUT2D eigenvalue weighted by atomic mass is 32.2. The summed E-state index contributed by atoms with van der Waals surface area (Å²) in [4.78, 5) is 36.1. The molecule has 0 radical (unpaired) electrons. The molecule has 3 aromatic rings. The predicted molar refractivity (Wildman–Crippen MR) is 129 cm³/mol. The van der Waals surface area contributed by atoms with Crippen molar-refractivity contribution >= 4 is 33.4 Å². The van der Waals surface area contributed by atoms with Crippen molar-refractivity contribution < 1.29 is 27.5 Å². The van der Waals surface area contributed by atoms with Gasteiger partial charge >= 0.3 is 0 Å². The van der Waals surface area contributed by atoms with E-state index in [2.05, 4.69) is 20.9 Å². The Bertz CT molecular complexity index is 1280. The summed E-state index contributed by atoms with van der Waals surface area (Å²) in [7, 11) is -3.83. The third-order valence-electron chi connectivity index (χ3n) is 4.61. The number of carbonyl (C=O) groups is 3. The van der Waals surface area contributed by atoms with E-state index in [1.165, 1.54) is 36.4 Å². The summed E-state index contributed by atoms with van der Waals surface area (Å²) in [5.41, 5.74) is 5.27. The summed E-state index contributed by atoms with van der Waals surface area (Å²) >= 11 is 0. The first-order valence-electron chi connectivity index (χ1n) is 10.6. The van der Waals surface area contributed by atoms with Crippen LogP contribution in [0.2, 0.25) is 0 Å². The Balaban J connectivity index is 1.49. The largest absolute Gasteiger partial charge is 0.494 e. The number of hydrazine groups is 1. The van der Waals surface area contributed by atoms with Crippen molar-refractivity contribution in [2.45, 2.75) is 11.8 Å². The molecular weight excluding hydrogens is 472 g/mol. The maximum Gasteiger partial charge on any atom is 0.269 e. The fourth-order valence-corrected chi connectivity index (χ4v) is 3.94. The average molecular weight is 497 g/mol. The summed E-state index contributed by atoms with van der Waals surface area (Å²) in [6, 6.07) is 20.0. The van der Waals surface area contributed by atoms with Crippen LogP contribution in [0.3, 0.4) is 0 Å². The molecule has 0 bridgehead atoms. The van der Waals surface area contributed by atoms with Gasteiger partial charge in [0, 0.05) is 16.8 Å². The maximum atomic E-state index is 12.6. The van der Waals surface area contributed by atoms with Crippen molar-refractivity contribution in [3.05, 3.63) is 90.0 Å². The zero-order valence-electron chi connectivity index (χ0n) is 18.8. The molecule has 0 fully saturated rings. The van der Waals surface area contributed by atoms with Crippen molar-refractivity contribution in [3.63, 3.8) is 0 Å². The van der Waals surface area contributed by atoms with E-state index >= 15 is 0 Å². The van der Waals surface area contributed by atoms with Crippen LogP contribution in [-0.4, -0.2) is 39.3 Å². The molecule has 35 heavy (non-hydrogen) atoms. The second kappa shape index (κ2) is 11.7. The van der Waals surface area contributed by atoms with Crippen LogP contribution in [0.4, 0.5) is 5.69 Å². The molecule has 0 aliphatic rings. The number of amides is 3. The topological polar surface area (TPSA) is 143 Å². The molecule has 0 saturated carbocycles. The van der Waals surface area contributed by atoms with Gasteiger partial charge in [0.05, 0.1) is 18.0 Å².